The second kappa shape index (κ2) is 8.41. The van der Waals surface area contributed by atoms with Gasteiger partial charge in [0, 0.05) is 43.7 Å². The Kier molecular flexibility index (Phi) is 5.74. The number of carbonyl (C=O) groups excluding carboxylic acids is 2. The van der Waals surface area contributed by atoms with Gasteiger partial charge in [-0.3, -0.25) is 9.59 Å². The molecule has 2 fully saturated rings. The summed E-state index contributed by atoms with van der Waals surface area (Å²) in [5, 5.41) is 3.28. The molecule has 2 aromatic heterocycles. The summed E-state index contributed by atoms with van der Waals surface area (Å²) >= 11 is 0. The summed E-state index contributed by atoms with van der Waals surface area (Å²) in [6.45, 7) is 4.04. The number of hydrogen-bond acceptors (Lipinski definition) is 3. The second-order valence-electron chi connectivity index (χ2n) is 8.21. The molecule has 1 aliphatic carbocycles. The Morgan fingerprint density at radius 2 is 1.82 bits per heavy atom. The fourth-order valence-electron chi connectivity index (χ4n) is 4.74. The highest BCUT2D eigenvalue weighted by Gasteiger charge is 2.30. The number of likely N-dealkylation sites (tertiary alicyclic amines) is 1. The van der Waals surface area contributed by atoms with Crippen molar-refractivity contribution < 1.29 is 14.0 Å². The Morgan fingerprint density at radius 1 is 1.11 bits per heavy atom. The molecular weight excluding hydrogens is 354 g/mol. The molecule has 0 unspecified atom stereocenters. The molecule has 152 valence electrons. The van der Waals surface area contributed by atoms with Crippen molar-refractivity contribution in [1.29, 1.82) is 0 Å². The van der Waals surface area contributed by atoms with Gasteiger partial charge in [0.25, 0.3) is 5.91 Å². The monoisotopic (exact) mass is 385 g/mol. The van der Waals surface area contributed by atoms with Crippen LogP contribution in [-0.4, -0.2) is 40.4 Å². The van der Waals surface area contributed by atoms with Gasteiger partial charge in [0.2, 0.25) is 5.91 Å². The second-order valence-corrected chi connectivity index (χ2v) is 8.21. The molecule has 2 aliphatic rings. The summed E-state index contributed by atoms with van der Waals surface area (Å²) in [4.78, 5) is 27.6. The Morgan fingerprint density at radius 3 is 2.50 bits per heavy atom. The van der Waals surface area contributed by atoms with E-state index in [-0.39, 0.29) is 17.7 Å². The quantitative estimate of drug-likeness (QED) is 0.811. The number of rotatable bonds is 4. The number of amides is 2. The largest absolute Gasteiger partial charge is 0.463 e. The van der Waals surface area contributed by atoms with Crippen molar-refractivity contribution in [2.45, 2.75) is 70.9 Å². The van der Waals surface area contributed by atoms with Crippen molar-refractivity contribution in [2.75, 3.05) is 13.1 Å². The van der Waals surface area contributed by atoms with Crippen molar-refractivity contribution >= 4 is 22.9 Å². The zero-order valence-electron chi connectivity index (χ0n) is 16.8. The molecular formula is C22H31N3O3. The van der Waals surface area contributed by atoms with E-state index >= 15 is 0 Å². The highest BCUT2D eigenvalue weighted by Crippen LogP contribution is 2.25. The standard InChI is InChI=1S/C22H31N3O3/c1-2-25-18-11-14-28-20(18)15-19(25)22(27)24-12-9-16(10-13-24)21(26)23-17-7-5-3-4-6-8-17/h11,14-17H,2-10,12-13H2,1H3,(H,23,26). The molecule has 0 bridgehead atoms. The Bertz CT molecular complexity index is 821. The predicted octanol–water partition coefficient (Wildman–Crippen LogP) is 3.95. The lowest BCUT2D eigenvalue weighted by molar-refractivity contribution is -0.127. The fourth-order valence-corrected chi connectivity index (χ4v) is 4.74. The molecule has 0 atom stereocenters. The van der Waals surface area contributed by atoms with Crippen molar-refractivity contribution in [3.05, 3.63) is 24.1 Å². The van der Waals surface area contributed by atoms with E-state index in [1.165, 1.54) is 25.7 Å². The minimum absolute atomic E-state index is 0.0292. The number of carbonyl (C=O) groups is 2. The first kappa shape index (κ1) is 19.1. The molecule has 2 amide bonds. The first-order valence-corrected chi connectivity index (χ1v) is 10.8. The number of nitrogens with one attached hydrogen (secondary N) is 1. The van der Waals surface area contributed by atoms with Crippen LogP contribution in [0.3, 0.4) is 0 Å². The highest BCUT2D eigenvalue weighted by molar-refractivity contribution is 5.97. The summed E-state index contributed by atoms with van der Waals surface area (Å²) in [6, 6.07) is 4.09. The number of fused-ring (bicyclic) bond motifs is 1. The van der Waals surface area contributed by atoms with Crippen LogP contribution >= 0.6 is 0 Å². The molecule has 6 nitrogen and oxygen atoms in total. The summed E-state index contributed by atoms with van der Waals surface area (Å²) in [5.41, 5.74) is 2.39. The number of furan rings is 1. The van der Waals surface area contributed by atoms with Gasteiger partial charge in [-0.15, -0.1) is 0 Å². The predicted molar refractivity (Wildman–Crippen MR) is 108 cm³/mol. The molecule has 1 aliphatic heterocycles. The zero-order chi connectivity index (χ0) is 19.5. The molecule has 0 spiro atoms. The van der Waals surface area contributed by atoms with Crippen LogP contribution in [0.25, 0.3) is 11.1 Å². The lowest BCUT2D eigenvalue weighted by Gasteiger charge is -2.32. The molecule has 2 aromatic rings. The van der Waals surface area contributed by atoms with Crippen molar-refractivity contribution in [3.63, 3.8) is 0 Å². The number of aryl methyl sites for hydroxylation is 1. The third-order valence-electron chi connectivity index (χ3n) is 6.41. The van der Waals surface area contributed by atoms with Crippen LogP contribution in [0.2, 0.25) is 0 Å². The van der Waals surface area contributed by atoms with Crippen LogP contribution in [0.1, 0.15) is 68.8 Å². The molecule has 6 heteroatoms. The molecule has 0 radical (unpaired) electrons. The minimum Gasteiger partial charge on any atom is -0.463 e. The molecule has 4 rings (SSSR count). The molecule has 28 heavy (non-hydrogen) atoms. The molecule has 1 saturated heterocycles. The van der Waals surface area contributed by atoms with E-state index in [1.807, 2.05) is 28.5 Å². The number of piperidine rings is 1. The maximum atomic E-state index is 13.0. The van der Waals surface area contributed by atoms with E-state index in [2.05, 4.69) is 5.32 Å². The number of nitrogens with zero attached hydrogens (tertiary/aromatic N) is 2. The average Bonchev–Trinajstić information content (AvgIpc) is 3.21. The van der Waals surface area contributed by atoms with Crippen molar-refractivity contribution in [1.82, 2.24) is 14.8 Å². The lowest BCUT2D eigenvalue weighted by atomic mass is 9.95. The van der Waals surface area contributed by atoms with Gasteiger partial charge in [0.05, 0.1) is 11.8 Å². The maximum absolute atomic E-state index is 13.0. The van der Waals surface area contributed by atoms with Gasteiger partial charge in [0.15, 0.2) is 5.58 Å². The van der Waals surface area contributed by atoms with E-state index in [9.17, 15) is 9.59 Å². The highest BCUT2D eigenvalue weighted by atomic mass is 16.3. The van der Waals surface area contributed by atoms with E-state index in [0.29, 0.717) is 24.8 Å². The van der Waals surface area contributed by atoms with Gasteiger partial charge >= 0.3 is 0 Å². The van der Waals surface area contributed by atoms with Gasteiger partial charge in [-0.25, -0.2) is 0 Å². The minimum atomic E-state index is 0.0292. The normalized spacial score (nSPS) is 19.7. The van der Waals surface area contributed by atoms with Gasteiger partial charge < -0.3 is 19.2 Å². The molecule has 1 saturated carbocycles. The van der Waals surface area contributed by atoms with Crippen LogP contribution in [-0.2, 0) is 11.3 Å². The maximum Gasteiger partial charge on any atom is 0.270 e. The Labute approximate surface area is 166 Å². The van der Waals surface area contributed by atoms with Gasteiger partial charge in [0.1, 0.15) is 5.69 Å². The summed E-state index contributed by atoms with van der Waals surface area (Å²) < 4.78 is 7.47. The van der Waals surface area contributed by atoms with E-state index in [0.717, 1.165) is 43.3 Å². The summed E-state index contributed by atoms with van der Waals surface area (Å²) in [6.07, 6.45) is 10.4. The summed E-state index contributed by atoms with van der Waals surface area (Å²) in [7, 11) is 0. The van der Waals surface area contributed by atoms with E-state index in [1.54, 1.807) is 6.26 Å². The molecule has 0 aromatic carbocycles. The SMILES string of the molecule is CCn1c(C(=O)N2CCC(C(=O)NC3CCCCCC3)CC2)cc2occc21. The van der Waals surface area contributed by atoms with E-state index in [4.69, 9.17) is 4.42 Å². The number of hydrogen-bond donors (Lipinski definition) is 1. The van der Waals surface area contributed by atoms with E-state index < -0.39 is 0 Å². The number of aromatic nitrogens is 1. The van der Waals surface area contributed by atoms with Crippen LogP contribution < -0.4 is 5.32 Å². The molecule has 1 N–H and O–H groups in total. The average molecular weight is 386 g/mol. The summed E-state index contributed by atoms with van der Waals surface area (Å²) in [5.74, 6) is 0.255. The van der Waals surface area contributed by atoms with Crippen LogP contribution in [0, 0.1) is 5.92 Å². The smallest absolute Gasteiger partial charge is 0.270 e. The third-order valence-corrected chi connectivity index (χ3v) is 6.41. The van der Waals surface area contributed by atoms with Crippen LogP contribution in [0.4, 0.5) is 0 Å². The first-order valence-electron chi connectivity index (χ1n) is 10.8. The van der Waals surface area contributed by atoms with Gasteiger partial charge in [-0.2, -0.15) is 0 Å². The Balaban J connectivity index is 1.34. The zero-order valence-corrected chi connectivity index (χ0v) is 16.8. The molecule has 3 heterocycles. The third kappa shape index (κ3) is 3.82. The Hall–Kier alpha value is -2.24. The topological polar surface area (TPSA) is 67.5 Å². The van der Waals surface area contributed by atoms with Crippen molar-refractivity contribution in [2.24, 2.45) is 5.92 Å². The first-order chi connectivity index (χ1) is 13.7. The van der Waals surface area contributed by atoms with Crippen molar-refractivity contribution in [3.8, 4) is 0 Å². The van der Waals surface area contributed by atoms with Gasteiger partial charge in [-0.05, 0) is 32.6 Å². The van der Waals surface area contributed by atoms with Crippen LogP contribution in [0.15, 0.2) is 22.8 Å². The van der Waals surface area contributed by atoms with Gasteiger partial charge in [-0.1, -0.05) is 25.7 Å². The lowest BCUT2D eigenvalue weighted by Crippen LogP contribution is -2.45. The fraction of sp³-hybridized carbons (Fsp3) is 0.636. The van der Waals surface area contributed by atoms with Crippen LogP contribution in [0.5, 0.6) is 0 Å².